The Morgan fingerprint density at radius 3 is 2.50 bits per heavy atom. The van der Waals surface area contributed by atoms with Crippen molar-refractivity contribution in [1.29, 1.82) is 0 Å². The molecule has 3 fully saturated rings. The predicted octanol–water partition coefficient (Wildman–Crippen LogP) is 1.14. The van der Waals surface area contributed by atoms with Crippen LogP contribution in [0, 0.1) is 5.92 Å². The van der Waals surface area contributed by atoms with Gasteiger partial charge in [-0.1, -0.05) is 0 Å². The van der Waals surface area contributed by atoms with E-state index < -0.39 is 0 Å². The first-order chi connectivity index (χ1) is 11.8. The molecule has 0 spiro atoms. The maximum atomic E-state index is 12.3. The van der Waals surface area contributed by atoms with Crippen molar-refractivity contribution in [2.45, 2.75) is 38.2 Å². The van der Waals surface area contributed by atoms with E-state index in [2.05, 4.69) is 4.90 Å². The van der Waals surface area contributed by atoms with Crippen LogP contribution in [0.2, 0.25) is 0 Å². The topological polar surface area (TPSA) is 51.2 Å². The molecule has 6 nitrogen and oxygen atoms in total. The van der Waals surface area contributed by atoms with Gasteiger partial charge in [0.25, 0.3) is 0 Å². The maximum absolute atomic E-state index is 12.3. The standard InChI is InChI=1S/C18H32N2O4/c21-18(15-23-14-17-3-1-2-10-24-17)20-6-4-16(5-7-20)13-19-8-11-22-12-9-19/h16-17H,1-15H2/t17-/m1/s1. The smallest absolute Gasteiger partial charge is 0.248 e. The number of likely N-dealkylation sites (tertiary alicyclic amines) is 1. The Hall–Kier alpha value is -0.690. The molecule has 0 unspecified atom stereocenters. The molecule has 0 aromatic rings. The number of carbonyl (C=O) groups is 1. The fourth-order valence-electron chi connectivity index (χ4n) is 3.82. The van der Waals surface area contributed by atoms with Gasteiger partial charge in [0.05, 0.1) is 25.9 Å². The number of hydrogen-bond acceptors (Lipinski definition) is 5. The minimum absolute atomic E-state index is 0.135. The third-order valence-electron chi connectivity index (χ3n) is 5.39. The van der Waals surface area contributed by atoms with Crippen molar-refractivity contribution in [1.82, 2.24) is 9.80 Å². The molecule has 3 saturated heterocycles. The fraction of sp³-hybridized carbons (Fsp3) is 0.944. The molecule has 0 radical (unpaired) electrons. The van der Waals surface area contributed by atoms with Gasteiger partial charge >= 0.3 is 0 Å². The molecule has 0 N–H and O–H groups in total. The van der Waals surface area contributed by atoms with Crippen LogP contribution >= 0.6 is 0 Å². The molecule has 0 aromatic carbocycles. The van der Waals surface area contributed by atoms with E-state index in [1.54, 1.807) is 0 Å². The molecule has 3 aliphatic rings. The number of morpholine rings is 1. The molecule has 1 atom stereocenters. The average molecular weight is 340 g/mol. The van der Waals surface area contributed by atoms with Gasteiger partial charge in [-0.2, -0.15) is 0 Å². The summed E-state index contributed by atoms with van der Waals surface area (Å²) in [4.78, 5) is 16.7. The molecule has 138 valence electrons. The summed E-state index contributed by atoms with van der Waals surface area (Å²) in [5, 5.41) is 0. The lowest BCUT2D eigenvalue weighted by molar-refractivity contribution is -0.139. The number of nitrogens with zero attached hydrogens (tertiary/aromatic N) is 2. The summed E-state index contributed by atoms with van der Waals surface area (Å²) in [6, 6.07) is 0. The normalized spacial score (nSPS) is 27.3. The molecule has 0 saturated carbocycles. The third-order valence-corrected chi connectivity index (χ3v) is 5.39. The number of amides is 1. The third kappa shape index (κ3) is 5.69. The number of ether oxygens (including phenoxy) is 3. The van der Waals surface area contributed by atoms with Gasteiger partial charge in [0.2, 0.25) is 5.91 Å². The van der Waals surface area contributed by atoms with Crippen molar-refractivity contribution in [3.8, 4) is 0 Å². The second kappa shape index (κ2) is 9.70. The second-order valence-corrected chi connectivity index (χ2v) is 7.24. The van der Waals surface area contributed by atoms with Crippen molar-refractivity contribution < 1.29 is 19.0 Å². The van der Waals surface area contributed by atoms with Crippen LogP contribution in [-0.4, -0.2) is 87.6 Å². The minimum Gasteiger partial charge on any atom is -0.379 e. The van der Waals surface area contributed by atoms with Crippen LogP contribution in [0.1, 0.15) is 32.1 Å². The lowest BCUT2D eigenvalue weighted by Gasteiger charge is -2.36. The summed E-state index contributed by atoms with van der Waals surface area (Å²) in [6.07, 6.45) is 5.81. The van der Waals surface area contributed by atoms with Crippen molar-refractivity contribution in [2.24, 2.45) is 5.92 Å². The van der Waals surface area contributed by atoms with Crippen LogP contribution in [0.3, 0.4) is 0 Å². The summed E-state index contributed by atoms with van der Waals surface area (Å²) in [7, 11) is 0. The Morgan fingerprint density at radius 1 is 1.00 bits per heavy atom. The fourth-order valence-corrected chi connectivity index (χ4v) is 3.82. The van der Waals surface area contributed by atoms with E-state index in [1.807, 2.05) is 4.90 Å². The van der Waals surface area contributed by atoms with Gasteiger partial charge in [0.15, 0.2) is 0 Å². The zero-order valence-corrected chi connectivity index (χ0v) is 14.8. The molecule has 0 aromatic heterocycles. The van der Waals surface area contributed by atoms with Crippen molar-refractivity contribution in [3.63, 3.8) is 0 Å². The van der Waals surface area contributed by atoms with Gasteiger partial charge in [-0.3, -0.25) is 9.69 Å². The van der Waals surface area contributed by atoms with Crippen LogP contribution in [0.15, 0.2) is 0 Å². The van der Waals surface area contributed by atoms with Gasteiger partial charge in [0.1, 0.15) is 6.61 Å². The molecule has 1 amide bonds. The average Bonchev–Trinajstić information content (AvgIpc) is 2.64. The van der Waals surface area contributed by atoms with E-state index in [4.69, 9.17) is 14.2 Å². The Bertz CT molecular complexity index is 373. The summed E-state index contributed by atoms with van der Waals surface area (Å²) >= 11 is 0. The number of piperidine rings is 1. The van der Waals surface area contributed by atoms with Crippen molar-refractivity contribution in [2.75, 3.05) is 65.8 Å². The van der Waals surface area contributed by atoms with E-state index in [-0.39, 0.29) is 18.6 Å². The van der Waals surface area contributed by atoms with Crippen LogP contribution in [0.5, 0.6) is 0 Å². The van der Waals surface area contributed by atoms with E-state index in [0.717, 1.165) is 78.2 Å². The summed E-state index contributed by atoms with van der Waals surface area (Å²) in [5.41, 5.74) is 0. The first-order valence-electron chi connectivity index (χ1n) is 9.58. The number of hydrogen-bond donors (Lipinski definition) is 0. The maximum Gasteiger partial charge on any atom is 0.248 e. The Labute approximate surface area is 145 Å². The largest absolute Gasteiger partial charge is 0.379 e. The highest BCUT2D eigenvalue weighted by atomic mass is 16.5. The SMILES string of the molecule is O=C(COC[C@H]1CCCCO1)N1CCC(CN2CCOCC2)CC1. The first-order valence-corrected chi connectivity index (χ1v) is 9.58. The highest BCUT2D eigenvalue weighted by molar-refractivity contribution is 5.77. The molecular formula is C18H32N2O4. The molecule has 24 heavy (non-hydrogen) atoms. The quantitative estimate of drug-likeness (QED) is 0.726. The summed E-state index contributed by atoms with van der Waals surface area (Å²) in [5.74, 6) is 0.847. The van der Waals surface area contributed by atoms with E-state index in [9.17, 15) is 4.79 Å². The van der Waals surface area contributed by atoms with Crippen molar-refractivity contribution in [3.05, 3.63) is 0 Å². The lowest BCUT2D eigenvalue weighted by Crippen LogP contribution is -2.45. The van der Waals surface area contributed by atoms with Crippen LogP contribution < -0.4 is 0 Å². The first kappa shape index (κ1) is 18.1. The van der Waals surface area contributed by atoms with Crippen molar-refractivity contribution >= 4 is 5.91 Å². The molecule has 3 heterocycles. The Kier molecular flexibility index (Phi) is 7.32. The minimum atomic E-state index is 0.135. The molecular weight excluding hydrogens is 308 g/mol. The van der Waals surface area contributed by atoms with E-state index in [0.29, 0.717) is 12.5 Å². The van der Waals surface area contributed by atoms with Crippen LogP contribution in [0.4, 0.5) is 0 Å². The van der Waals surface area contributed by atoms with Gasteiger partial charge < -0.3 is 19.1 Å². The molecule has 3 aliphatic heterocycles. The second-order valence-electron chi connectivity index (χ2n) is 7.24. The Morgan fingerprint density at radius 2 is 1.79 bits per heavy atom. The molecule has 6 heteroatoms. The zero-order valence-electron chi connectivity index (χ0n) is 14.8. The van der Waals surface area contributed by atoms with Gasteiger partial charge in [-0.05, 0) is 38.0 Å². The lowest BCUT2D eigenvalue weighted by atomic mass is 9.96. The number of carbonyl (C=O) groups excluding carboxylic acids is 1. The summed E-state index contributed by atoms with van der Waals surface area (Å²) < 4.78 is 16.6. The van der Waals surface area contributed by atoms with Gasteiger partial charge in [-0.25, -0.2) is 0 Å². The highest BCUT2D eigenvalue weighted by Gasteiger charge is 2.25. The number of rotatable bonds is 6. The van der Waals surface area contributed by atoms with Gasteiger partial charge in [-0.15, -0.1) is 0 Å². The Balaban J connectivity index is 1.28. The highest BCUT2D eigenvalue weighted by Crippen LogP contribution is 2.19. The van der Waals surface area contributed by atoms with Gasteiger partial charge in [0, 0.05) is 39.3 Å². The molecule has 0 bridgehead atoms. The van der Waals surface area contributed by atoms with E-state index >= 15 is 0 Å². The monoisotopic (exact) mass is 340 g/mol. The zero-order chi connectivity index (χ0) is 16.6. The molecule has 0 aliphatic carbocycles. The van der Waals surface area contributed by atoms with Crippen LogP contribution in [-0.2, 0) is 19.0 Å². The predicted molar refractivity (Wildman–Crippen MR) is 91.0 cm³/mol. The molecule has 3 rings (SSSR count). The summed E-state index contributed by atoms with van der Waals surface area (Å²) in [6.45, 7) is 8.31. The van der Waals surface area contributed by atoms with E-state index in [1.165, 1.54) is 6.42 Å². The van der Waals surface area contributed by atoms with Crippen LogP contribution in [0.25, 0.3) is 0 Å².